The van der Waals surface area contributed by atoms with Gasteiger partial charge in [0.15, 0.2) is 0 Å². The van der Waals surface area contributed by atoms with Crippen LogP contribution in [-0.2, 0) is 13.1 Å². The van der Waals surface area contributed by atoms with Gasteiger partial charge < -0.3 is 10.3 Å². The molecule has 3 rings (SSSR count). The van der Waals surface area contributed by atoms with E-state index in [0.29, 0.717) is 6.54 Å². The number of hydrogen-bond donors (Lipinski definition) is 2. The van der Waals surface area contributed by atoms with Gasteiger partial charge in [0.2, 0.25) is 0 Å². The van der Waals surface area contributed by atoms with Crippen molar-refractivity contribution in [2.24, 2.45) is 0 Å². The normalized spacial score (nSPS) is 10.7. The molecule has 0 aliphatic carbocycles. The summed E-state index contributed by atoms with van der Waals surface area (Å²) >= 11 is 5.87. The quantitative estimate of drug-likeness (QED) is 0.758. The van der Waals surface area contributed by atoms with Crippen molar-refractivity contribution in [2.75, 3.05) is 5.32 Å². The van der Waals surface area contributed by atoms with Gasteiger partial charge in [0.05, 0.1) is 25.0 Å². The van der Waals surface area contributed by atoms with Gasteiger partial charge in [-0.15, -0.1) is 0 Å². The van der Waals surface area contributed by atoms with Crippen molar-refractivity contribution in [3.8, 4) is 0 Å². The van der Waals surface area contributed by atoms with E-state index in [4.69, 9.17) is 11.6 Å². The lowest BCUT2D eigenvalue weighted by atomic mass is 10.2. The molecule has 2 heterocycles. The maximum Gasteiger partial charge on any atom is 0.125 e. The van der Waals surface area contributed by atoms with E-state index < -0.39 is 0 Å². The fraction of sp³-hybridized carbons (Fsp3) is 0.143. The fourth-order valence-corrected chi connectivity index (χ4v) is 2.02. The van der Waals surface area contributed by atoms with Crippen LogP contribution in [-0.4, -0.2) is 19.7 Å². The molecule has 20 heavy (non-hydrogen) atoms. The summed E-state index contributed by atoms with van der Waals surface area (Å²) in [5, 5.41) is 8.33. The van der Waals surface area contributed by atoms with Crippen LogP contribution in [0.3, 0.4) is 0 Å². The van der Waals surface area contributed by atoms with E-state index in [1.807, 2.05) is 35.1 Å². The van der Waals surface area contributed by atoms with E-state index in [1.54, 1.807) is 18.6 Å². The first-order valence-electron chi connectivity index (χ1n) is 6.28. The number of hydrogen-bond acceptors (Lipinski definition) is 3. The summed E-state index contributed by atoms with van der Waals surface area (Å²) in [6.07, 6.45) is 7.32. The highest BCUT2D eigenvalue weighted by Gasteiger charge is 2.01. The lowest BCUT2D eigenvalue weighted by Crippen LogP contribution is -2.01. The molecule has 3 aromatic rings. The van der Waals surface area contributed by atoms with Crippen molar-refractivity contribution in [1.29, 1.82) is 0 Å². The summed E-state index contributed by atoms with van der Waals surface area (Å²) in [4.78, 5) is 7.20. The zero-order valence-corrected chi connectivity index (χ0v) is 11.5. The Balaban J connectivity index is 1.60. The van der Waals surface area contributed by atoms with Crippen LogP contribution in [0, 0.1) is 0 Å². The smallest absolute Gasteiger partial charge is 0.125 e. The summed E-state index contributed by atoms with van der Waals surface area (Å²) in [7, 11) is 0. The number of benzene rings is 1. The molecule has 0 bridgehead atoms. The second-order valence-corrected chi connectivity index (χ2v) is 4.88. The average molecular weight is 288 g/mol. The Morgan fingerprint density at radius 3 is 2.85 bits per heavy atom. The van der Waals surface area contributed by atoms with Crippen molar-refractivity contribution in [1.82, 2.24) is 19.7 Å². The molecule has 0 spiro atoms. The highest BCUT2D eigenvalue weighted by Crippen LogP contribution is 2.12. The summed E-state index contributed by atoms with van der Waals surface area (Å²) in [6.45, 7) is 1.37. The van der Waals surface area contributed by atoms with Crippen molar-refractivity contribution in [2.45, 2.75) is 13.1 Å². The van der Waals surface area contributed by atoms with Crippen LogP contribution in [0.15, 0.2) is 49.1 Å². The molecule has 0 fully saturated rings. The van der Waals surface area contributed by atoms with E-state index in [1.165, 1.54) is 0 Å². The Labute approximate surface area is 121 Å². The fourth-order valence-electron chi connectivity index (χ4n) is 1.90. The van der Waals surface area contributed by atoms with Gasteiger partial charge in [-0.2, -0.15) is 5.10 Å². The number of aromatic nitrogens is 4. The molecule has 2 aromatic heterocycles. The molecule has 0 unspecified atom stereocenters. The van der Waals surface area contributed by atoms with Crippen molar-refractivity contribution in [3.05, 3.63) is 65.5 Å². The minimum atomic E-state index is 0.652. The van der Waals surface area contributed by atoms with Crippen molar-refractivity contribution >= 4 is 17.3 Å². The summed E-state index contributed by atoms with van der Waals surface area (Å²) in [5.41, 5.74) is 2.13. The molecule has 0 atom stereocenters. The number of nitrogens with one attached hydrogen (secondary N) is 2. The van der Waals surface area contributed by atoms with Crippen molar-refractivity contribution < 1.29 is 0 Å². The van der Waals surface area contributed by atoms with Gasteiger partial charge in [-0.25, -0.2) is 4.98 Å². The largest absolute Gasteiger partial charge is 0.375 e. The summed E-state index contributed by atoms with van der Waals surface area (Å²) < 4.78 is 1.88. The average Bonchev–Trinajstić information content (AvgIpc) is 3.10. The van der Waals surface area contributed by atoms with E-state index in [2.05, 4.69) is 20.4 Å². The number of halogens is 1. The first-order chi connectivity index (χ1) is 9.79. The molecular weight excluding hydrogens is 274 g/mol. The topological polar surface area (TPSA) is 58.5 Å². The number of imidazole rings is 1. The SMILES string of the molecule is Clc1ccc(Cn2cc(NCc3ncc[nH]3)cn2)cc1. The van der Waals surface area contributed by atoms with Gasteiger partial charge in [0.25, 0.3) is 0 Å². The lowest BCUT2D eigenvalue weighted by molar-refractivity contribution is 0.687. The number of H-pyrrole nitrogens is 1. The van der Waals surface area contributed by atoms with Gasteiger partial charge in [-0.1, -0.05) is 23.7 Å². The second kappa shape index (κ2) is 5.79. The van der Waals surface area contributed by atoms with Gasteiger partial charge in [0.1, 0.15) is 5.82 Å². The summed E-state index contributed by atoms with van der Waals surface area (Å²) in [5.74, 6) is 0.899. The number of anilines is 1. The highest BCUT2D eigenvalue weighted by molar-refractivity contribution is 6.30. The predicted molar refractivity (Wildman–Crippen MR) is 78.7 cm³/mol. The standard InChI is InChI=1S/C14H14ClN5/c15-12-3-1-11(2-4-12)9-20-10-13(7-19-20)18-8-14-16-5-6-17-14/h1-7,10,18H,8-9H2,(H,16,17). The van der Waals surface area contributed by atoms with Gasteiger partial charge in [-0.05, 0) is 17.7 Å². The molecule has 0 aliphatic rings. The predicted octanol–water partition coefficient (Wildman–Crippen LogP) is 2.92. The van der Waals surface area contributed by atoms with Crippen LogP contribution in [0.2, 0.25) is 5.02 Å². The molecule has 0 saturated carbocycles. The lowest BCUT2D eigenvalue weighted by Gasteiger charge is -2.02. The molecule has 0 radical (unpaired) electrons. The molecule has 102 valence electrons. The Morgan fingerprint density at radius 1 is 1.25 bits per heavy atom. The van der Waals surface area contributed by atoms with E-state index in [9.17, 15) is 0 Å². The Bertz CT molecular complexity index is 657. The van der Waals surface area contributed by atoms with E-state index in [0.717, 1.165) is 28.6 Å². The zero-order valence-electron chi connectivity index (χ0n) is 10.8. The number of aromatic amines is 1. The van der Waals surface area contributed by atoms with Gasteiger partial charge >= 0.3 is 0 Å². The first-order valence-corrected chi connectivity index (χ1v) is 6.66. The maximum atomic E-state index is 5.87. The second-order valence-electron chi connectivity index (χ2n) is 4.44. The third-order valence-electron chi connectivity index (χ3n) is 2.91. The van der Waals surface area contributed by atoms with Gasteiger partial charge in [0, 0.05) is 23.6 Å². The van der Waals surface area contributed by atoms with Crippen molar-refractivity contribution in [3.63, 3.8) is 0 Å². The third kappa shape index (κ3) is 3.19. The molecular formula is C14H14ClN5. The highest BCUT2D eigenvalue weighted by atomic mass is 35.5. The molecule has 0 aliphatic heterocycles. The monoisotopic (exact) mass is 287 g/mol. The molecule has 2 N–H and O–H groups in total. The number of nitrogens with zero attached hydrogens (tertiary/aromatic N) is 3. The first kappa shape index (κ1) is 12.7. The van der Waals surface area contributed by atoms with Crippen LogP contribution >= 0.6 is 11.6 Å². The molecule has 0 amide bonds. The van der Waals surface area contributed by atoms with Crippen LogP contribution in [0.1, 0.15) is 11.4 Å². The van der Waals surface area contributed by atoms with Crippen LogP contribution < -0.4 is 5.32 Å². The molecule has 1 aromatic carbocycles. The van der Waals surface area contributed by atoms with Crippen LogP contribution in [0.5, 0.6) is 0 Å². The molecule has 0 saturated heterocycles. The van der Waals surface area contributed by atoms with Crippen LogP contribution in [0.4, 0.5) is 5.69 Å². The zero-order chi connectivity index (χ0) is 13.8. The maximum absolute atomic E-state index is 5.87. The van der Waals surface area contributed by atoms with Crippen LogP contribution in [0.25, 0.3) is 0 Å². The minimum absolute atomic E-state index is 0.652. The Kier molecular flexibility index (Phi) is 3.69. The van der Waals surface area contributed by atoms with Gasteiger partial charge in [-0.3, -0.25) is 4.68 Å². The third-order valence-corrected chi connectivity index (χ3v) is 3.16. The summed E-state index contributed by atoms with van der Waals surface area (Å²) in [6, 6.07) is 7.77. The minimum Gasteiger partial charge on any atom is -0.375 e. The van der Waals surface area contributed by atoms with E-state index >= 15 is 0 Å². The Hall–Kier alpha value is -2.27. The van der Waals surface area contributed by atoms with E-state index in [-0.39, 0.29) is 0 Å². The molecule has 6 heteroatoms. The molecule has 5 nitrogen and oxygen atoms in total. The Morgan fingerprint density at radius 2 is 2.10 bits per heavy atom. The number of rotatable bonds is 5.